The molecule has 1 heterocycles. The number of rotatable bonds is 4. The number of nitrogens with zero attached hydrogens (tertiary/aromatic N) is 1. The summed E-state index contributed by atoms with van der Waals surface area (Å²) < 4.78 is 10.8. The standard InChI is InChI=1S/C13H16N2O5/c1-19-7-11-6-15(8-16)5-10-3-2-9(13(17)14-18)4-12(10)20-11/h2-4,8,11,18H,5-7H2,1H3,(H,14,17). The van der Waals surface area contributed by atoms with Crippen LogP contribution in [-0.2, 0) is 16.1 Å². The van der Waals surface area contributed by atoms with Crippen molar-refractivity contribution in [1.82, 2.24) is 10.4 Å². The summed E-state index contributed by atoms with van der Waals surface area (Å²) in [4.78, 5) is 24.0. The predicted octanol–water partition coefficient (Wildman–Crippen LogP) is 0.171. The third kappa shape index (κ3) is 3.06. The van der Waals surface area contributed by atoms with Crippen LogP contribution >= 0.6 is 0 Å². The number of amides is 2. The lowest BCUT2D eigenvalue weighted by atomic mass is 10.1. The van der Waals surface area contributed by atoms with Gasteiger partial charge in [-0.05, 0) is 12.1 Å². The Morgan fingerprint density at radius 2 is 2.45 bits per heavy atom. The van der Waals surface area contributed by atoms with Crippen molar-refractivity contribution in [3.8, 4) is 5.75 Å². The maximum atomic E-state index is 11.4. The van der Waals surface area contributed by atoms with Gasteiger partial charge < -0.3 is 14.4 Å². The summed E-state index contributed by atoms with van der Waals surface area (Å²) in [5.74, 6) is -0.103. The Kier molecular flexibility index (Phi) is 4.54. The van der Waals surface area contributed by atoms with Crippen molar-refractivity contribution in [2.75, 3.05) is 20.3 Å². The molecule has 0 radical (unpaired) electrons. The Morgan fingerprint density at radius 3 is 3.10 bits per heavy atom. The number of hydroxylamine groups is 1. The van der Waals surface area contributed by atoms with Gasteiger partial charge in [-0.3, -0.25) is 14.8 Å². The molecule has 7 nitrogen and oxygen atoms in total. The Morgan fingerprint density at radius 1 is 1.65 bits per heavy atom. The minimum Gasteiger partial charge on any atom is -0.486 e. The van der Waals surface area contributed by atoms with E-state index >= 15 is 0 Å². The van der Waals surface area contributed by atoms with E-state index in [2.05, 4.69) is 0 Å². The van der Waals surface area contributed by atoms with E-state index in [1.54, 1.807) is 29.6 Å². The molecule has 0 aromatic heterocycles. The Balaban J connectivity index is 2.31. The highest BCUT2D eigenvalue weighted by Gasteiger charge is 2.23. The van der Waals surface area contributed by atoms with E-state index in [1.807, 2.05) is 0 Å². The maximum absolute atomic E-state index is 11.4. The number of benzene rings is 1. The van der Waals surface area contributed by atoms with Crippen LogP contribution in [0.25, 0.3) is 0 Å². The molecule has 0 fully saturated rings. The van der Waals surface area contributed by atoms with E-state index in [0.717, 1.165) is 12.0 Å². The zero-order valence-corrected chi connectivity index (χ0v) is 11.0. The molecule has 1 atom stereocenters. The molecule has 2 rings (SSSR count). The minimum absolute atomic E-state index is 0.280. The molecule has 0 saturated carbocycles. The van der Waals surface area contributed by atoms with Crippen LogP contribution in [0.2, 0.25) is 0 Å². The highest BCUT2D eigenvalue weighted by atomic mass is 16.5. The highest BCUT2D eigenvalue weighted by Crippen LogP contribution is 2.26. The average Bonchev–Trinajstić information content (AvgIpc) is 2.64. The largest absolute Gasteiger partial charge is 0.486 e. The second kappa shape index (κ2) is 6.36. The number of hydrogen-bond acceptors (Lipinski definition) is 5. The highest BCUT2D eigenvalue weighted by molar-refractivity contribution is 5.93. The molecule has 0 spiro atoms. The summed E-state index contributed by atoms with van der Waals surface area (Å²) in [6, 6.07) is 4.80. The first-order valence-corrected chi connectivity index (χ1v) is 6.10. The number of methoxy groups -OCH3 is 1. The fraction of sp³-hybridized carbons (Fsp3) is 0.385. The number of fused-ring (bicyclic) bond motifs is 1. The van der Waals surface area contributed by atoms with Crippen molar-refractivity contribution in [2.45, 2.75) is 12.6 Å². The van der Waals surface area contributed by atoms with Gasteiger partial charge in [0.1, 0.15) is 11.9 Å². The van der Waals surface area contributed by atoms with Crippen LogP contribution in [0.15, 0.2) is 18.2 Å². The molecule has 0 aliphatic carbocycles. The fourth-order valence-corrected chi connectivity index (χ4v) is 2.12. The van der Waals surface area contributed by atoms with Crippen molar-refractivity contribution in [2.24, 2.45) is 0 Å². The van der Waals surface area contributed by atoms with Crippen LogP contribution in [0, 0.1) is 0 Å². The van der Waals surface area contributed by atoms with Gasteiger partial charge in [-0.25, -0.2) is 5.48 Å². The minimum atomic E-state index is -0.615. The summed E-state index contributed by atoms with van der Waals surface area (Å²) in [5.41, 5.74) is 2.65. The van der Waals surface area contributed by atoms with Gasteiger partial charge in [-0.15, -0.1) is 0 Å². The molecule has 1 aromatic carbocycles. The van der Waals surface area contributed by atoms with Gasteiger partial charge in [0.15, 0.2) is 0 Å². The van der Waals surface area contributed by atoms with Gasteiger partial charge in [-0.2, -0.15) is 0 Å². The number of nitrogens with one attached hydrogen (secondary N) is 1. The number of carbonyl (C=O) groups is 2. The summed E-state index contributed by atoms with van der Waals surface area (Å²) in [7, 11) is 1.55. The van der Waals surface area contributed by atoms with Crippen LogP contribution in [0.4, 0.5) is 0 Å². The quantitative estimate of drug-likeness (QED) is 0.466. The van der Waals surface area contributed by atoms with Gasteiger partial charge >= 0.3 is 0 Å². The van der Waals surface area contributed by atoms with Crippen molar-refractivity contribution in [3.63, 3.8) is 0 Å². The molecular weight excluding hydrogens is 264 g/mol. The third-order valence-corrected chi connectivity index (χ3v) is 3.04. The first-order valence-electron chi connectivity index (χ1n) is 6.10. The number of hydrogen-bond donors (Lipinski definition) is 2. The average molecular weight is 280 g/mol. The fourth-order valence-electron chi connectivity index (χ4n) is 2.12. The smallest absolute Gasteiger partial charge is 0.274 e. The zero-order chi connectivity index (χ0) is 14.5. The Hall–Kier alpha value is -2.12. The second-order valence-electron chi connectivity index (χ2n) is 4.49. The Bertz CT molecular complexity index is 506. The molecule has 1 aliphatic rings. The molecule has 2 amide bonds. The van der Waals surface area contributed by atoms with Crippen LogP contribution in [0.1, 0.15) is 15.9 Å². The van der Waals surface area contributed by atoms with Gasteiger partial charge in [-0.1, -0.05) is 6.07 Å². The van der Waals surface area contributed by atoms with Crippen LogP contribution in [0.3, 0.4) is 0 Å². The van der Waals surface area contributed by atoms with E-state index in [0.29, 0.717) is 25.4 Å². The molecule has 108 valence electrons. The van der Waals surface area contributed by atoms with Crippen molar-refractivity contribution >= 4 is 12.3 Å². The SMILES string of the molecule is COCC1CN(C=O)Cc2ccc(C(=O)NO)cc2O1. The molecule has 7 heteroatoms. The molecule has 1 aromatic rings. The third-order valence-electron chi connectivity index (χ3n) is 3.04. The van der Waals surface area contributed by atoms with Crippen LogP contribution in [0.5, 0.6) is 5.75 Å². The lowest BCUT2D eigenvalue weighted by Gasteiger charge is -2.19. The topological polar surface area (TPSA) is 88.1 Å². The van der Waals surface area contributed by atoms with Crippen LogP contribution in [-0.4, -0.2) is 48.8 Å². The van der Waals surface area contributed by atoms with Crippen molar-refractivity contribution < 1.29 is 24.3 Å². The summed E-state index contributed by atoms with van der Waals surface area (Å²) in [5, 5.41) is 8.65. The van der Waals surface area contributed by atoms with Gasteiger partial charge in [0, 0.05) is 24.8 Å². The first-order chi connectivity index (χ1) is 9.67. The number of ether oxygens (including phenoxy) is 2. The predicted molar refractivity (Wildman–Crippen MR) is 68.5 cm³/mol. The van der Waals surface area contributed by atoms with E-state index in [9.17, 15) is 9.59 Å². The van der Waals surface area contributed by atoms with E-state index in [4.69, 9.17) is 14.7 Å². The Labute approximate surface area is 116 Å². The molecule has 0 bridgehead atoms. The molecule has 0 saturated heterocycles. The van der Waals surface area contributed by atoms with Gasteiger partial charge in [0.25, 0.3) is 5.91 Å². The van der Waals surface area contributed by atoms with E-state index in [1.165, 1.54) is 6.07 Å². The van der Waals surface area contributed by atoms with Gasteiger partial charge in [0.05, 0.1) is 13.2 Å². The summed E-state index contributed by atoms with van der Waals surface area (Å²) in [6.07, 6.45) is 0.453. The van der Waals surface area contributed by atoms with E-state index in [-0.39, 0.29) is 11.7 Å². The molecule has 1 unspecified atom stereocenters. The molecule has 1 aliphatic heterocycles. The maximum Gasteiger partial charge on any atom is 0.274 e. The lowest BCUT2D eigenvalue weighted by molar-refractivity contribution is -0.119. The van der Waals surface area contributed by atoms with Crippen LogP contribution < -0.4 is 10.2 Å². The van der Waals surface area contributed by atoms with Crippen molar-refractivity contribution in [1.29, 1.82) is 0 Å². The lowest BCUT2D eigenvalue weighted by Crippen LogP contribution is -2.34. The molecular formula is C13H16N2O5. The molecule has 20 heavy (non-hydrogen) atoms. The van der Waals surface area contributed by atoms with Gasteiger partial charge in [0.2, 0.25) is 6.41 Å². The summed E-state index contributed by atoms with van der Waals surface area (Å²) >= 11 is 0. The monoisotopic (exact) mass is 280 g/mol. The van der Waals surface area contributed by atoms with Crippen molar-refractivity contribution in [3.05, 3.63) is 29.3 Å². The normalized spacial score (nSPS) is 17.7. The summed E-state index contributed by atoms with van der Waals surface area (Å²) in [6.45, 7) is 1.15. The molecule has 2 N–H and O–H groups in total. The number of carbonyl (C=O) groups excluding carboxylic acids is 2. The first kappa shape index (κ1) is 14.3. The van der Waals surface area contributed by atoms with E-state index < -0.39 is 5.91 Å². The second-order valence-corrected chi connectivity index (χ2v) is 4.49. The zero-order valence-electron chi connectivity index (χ0n) is 11.0.